The molecule has 0 radical (unpaired) electrons. The van der Waals surface area contributed by atoms with E-state index in [0.29, 0.717) is 6.04 Å². The maximum absolute atomic E-state index is 11.0. The van der Waals surface area contributed by atoms with Gasteiger partial charge in [0.1, 0.15) is 9.84 Å². The molecule has 0 saturated carbocycles. The maximum Gasteiger partial charge on any atom is 0.148 e. The van der Waals surface area contributed by atoms with Gasteiger partial charge in [-0.3, -0.25) is 0 Å². The summed E-state index contributed by atoms with van der Waals surface area (Å²) in [5.74, 6) is 0.213. The van der Waals surface area contributed by atoms with Crippen LogP contribution in [0.25, 0.3) is 0 Å². The average molecular weight is 221 g/mol. The molecule has 14 heavy (non-hydrogen) atoms. The number of sulfone groups is 1. The standard InChI is InChI=1S/C9H19NO3S/c1-8(7-14(2,11)12)10-9-3-5-13-6-4-9/h8-10H,3-7H2,1-2H3. The molecule has 84 valence electrons. The number of hydrogen-bond acceptors (Lipinski definition) is 4. The van der Waals surface area contributed by atoms with Crippen molar-refractivity contribution in [2.24, 2.45) is 0 Å². The van der Waals surface area contributed by atoms with Crippen LogP contribution in [0, 0.1) is 0 Å². The van der Waals surface area contributed by atoms with Crippen LogP contribution in [0.15, 0.2) is 0 Å². The van der Waals surface area contributed by atoms with Crippen molar-refractivity contribution in [3.8, 4) is 0 Å². The molecule has 0 aromatic heterocycles. The summed E-state index contributed by atoms with van der Waals surface area (Å²) in [6.45, 7) is 3.48. The van der Waals surface area contributed by atoms with E-state index >= 15 is 0 Å². The summed E-state index contributed by atoms with van der Waals surface area (Å²) in [7, 11) is -2.87. The number of rotatable bonds is 4. The fourth-order valence-corrected chi connectivity index (χ4v) is 2.77. The van der Waals surface area contributed by atoms with Crippen molar-refractivity contribution in [2.75, 3.05) is 25.2 Å². The van der Waals surface area contributed by atoms with E-state index < -0.39 is 9.84 Å². The largest absolute Gasteiger partial charge is 0.381 e. The van der Waals surface area contributed by atoms with Gasteiger partial charge in [-0.05, 0) is 19.8 Å². The minimum Gasteiger partial charge on any atom is -0.381 e. The smallest absolute Gasteiger partial charge is 0.148 e. The van der Waals surface area contributed by atoms with E-state index in [0.717, 1.165) is 26.1 Å². The fourth-order valence-electron chi connectivity index (χ4n) is 1.77. The first-order chi connectivity index (χ1) is 6.47. The number of ether oxygens (including phenoxy) is 1. The zero-order valence-corrected chi connectivity index (χ0v) is 9.64. The second-order valence-corrected chi connectivity index (χ2v) is 6.23. The second kappa shape index (κ2) is 5.09. The summed E-state index contributed by atoms with van der Waals surface area (Å²) in [6, 6.07) is 0.452. The molecule has 1 aliphatic rings. The molecule has 0 aromatic carbocycles. The molecule has 1 rings (SSSR count). The lowest BCUT2D eigenvalue weighted by atomic mass is 10.1. The van der Waals surface area contributed by atoms with Gasteiger partial charge in [-0.2, -0.15) is 0 Å². The van der Waals surface area contributed by atoms with Crippen LogP contribution in [0.2, 0.25) is 0 Å². The molecule has 1 fully saturated rings. The Hall–Kier alpha value is -0.130. The SMILES string of the molecule is CC(CS(C)(=O)=O)NC1CCOCC1. The van der Waals surface area contributed by atoms with Gasteiger partial charge in [0.25, 0.3) is 0 Å². The van der Waals surface area contributed by atoms with Crippen LogP contribution < -0.4 is 5.32 Å². The first-order valence-electron chi connectivity index (χ1n) is 4.99. The van der Waals surface area contributed by atoms with Crippen LogP contribution >= 0.6 is 0 Å². The van der Waals surface area contributed by atoms with E-state index in [-0.39, 0.29) is 11.8 Å². The van der Waals surface area contributed by atoms with Gasteiger partial charge in [0.15, 0.2) is 0 Å². The maximum atomic E-state index is 11.0. The highest BCUT2D eigenvalue weighted by Crippen LogP contribution is 2.07. The van der Waals surface area contributed by atoms with Gasteiger partial charge in [-0.1, -0.05) is 0 Å². The summed E-state index contributed by atoms with van der Waals surface area (Å²) < 4.78 is 27.3. The van der Waals surface area contributed by atoms with Crippen LogP contribution in [0.3, 0.4) is 0 Å². The van der Waals surface area contributed by atoms with Crippen molar-refractivity contribution < 1.29 is 13.2 Å². The minimum absolute atomic E-state index is 0.0353. The highest BCUT2D eigenvalue weighted by Gasteiger charge is 2.17. The van der Waals surface area contributed by atoms with Gasteiger partial charge < -0.3 is 10.1 Å². The van der Waals surface area contributed by atoms with E-state index in [2.05, 4.69) is 5.32 Å². The topological polar surface area (TPSA) is 55.4 Å². The summed E-state index contributed by atoms with van der Waals surface area (Å²) in [5.41, 5.74) is 0. The molecular weight excluding hydrogens is 202 g/mol. The van der Waals surface area contributed by atoms with Crippen LogP contribution in [-0.4, -0.2) is 45.7 Å². The van der Waals surface area contributed by atoms with E-state index in [1.54, 1.807) is 0 Å². The van der Waals surface area contributed by atoms with Crippen LogP contribution in [0.5, 0.6) is 0 Å². The highest BCUT2D eigenvalue weighted by molar-refractivity contribution is 7.90. The van der Waals surface area contributed by atoms with Crippen molar-refractivity contribution in [2.45, 2.75) is 31.8 Å². The van der Waals surface area contributed by atoms with Crippen molar-refractivity contribution in [3.63, 3.8) is 0 Å². The van der Waals surface area contributed by atoms with Crippen molar-refractivity contribution in [3.05, 3.63) is 0 Å². The van der Waals surface area contributed by atoms with Crippen LogP contribution in [0.1, 0.15) is 19.8 Å². The van der Waals surface area contributed by atoms with Gasteiger partial charge in [-0.25, -0.2) is 8.42 Å². The first kappa shape index (κ1) is 11.9. The third kappa shape index (κ3) is 4.93. The summed E-state index contributed by atoms with van der Waals surface area (Å²) >= 11 is 0. The molecule has 1 N–H and O–H groups in total. The molecule has 5 heteroatoms. The van der Waals surface area contributed by atoms with Gasteiger partial charge in [0.2, 0.25) is 0 Å². The van der Waals surface area contributed by atoms with Crippen LogP contribution in [0.4, 0.5) is 0 Å². The predicted molar refractivity (Wildman–Crippen MR) is 56.1 cm³/mol. The molecule has 4 nitrogen and oxygen atoms in total. The molecular formula is C9H19NO3S. The molecule has 0 aromatic rings. The normalized spacial score (nSPS) is 22.1. The third-order valence-corrected chi connectivity index (χ3v) is 3.40. The number of nitrogens with one attached hydrogen (secondary N) is 1. The van der Waals surface area contributed by atoms with Crippen molar-refractivity contribution >= 4 is 9.84 Å². The molecule has 0 bridgehead atoms. The molecule has 0 aliphatic carbocycles. The zero-order valence-electron chi connectivity index (χ0n) is 8.82. The Labute approximate surface area is 85.9 Å². The van der Waals surface area contributed by atoms with E-state index in [9.17, 15) is 8.42 Å². The summed E-state index contributed by atoms with van der Waals surface area (Å²) in [6.07, 6.45) is 3.23. The Morgan fingerprint density at radius 3 is 2.50 bits per heavy atom. The molecule has 1 unspecified atom stereocenters. The lowest BCUT2D eigenvalue weighted by Crippen LogP contribution is -2.43. The third-order valence-electron chi connectivity index (χ3n) is 2.29. The number of hydrogen-bond donors (Lipinski definition) is 1. The Bertz CT molecular complexity index is 257. The average Bonchev–Trinajstić information content (AvgIpc) is 2.02. The van der Waals surface area contributed by atoms with Gasteiger partial charge in [0, 0.05) is 31.6 Å². The minimum atomic E-state index is -2.87. The highest BCUT2D eigenvalue weighted by atomic mass is 32.2. The molecule has 0 spiro atoms. The Kier molecular flexibility index (Phi) is 4.34. The van der Waals surface area contributed by atoms with Gasteiger partial charge >= 0.3 is 0 Å². The van der Waals surface area contributed by atoms with Gasteiger partial charge in [0.05, 0.1) is 5.75 Å². The predicted octanol–water partition coefficient (Wildman–Crippen LogP) is 0.188. The monoisotopic (exact) mass is 221 g/mol. The summed E-state index contributed by atoms with van der Waals surface area (Å²) in [5, 5.41) is 3.32. The van der Waals surface area contributed by atoms with Gasteiger partial charge in [-0.15, -0.1) is 0 Å². The van der Waals surface area contributed by atoms with E-state index in [1.807, 2.05) is 6.92 Å². The molecule has 1 atom stereocenters. The van der Waals surface area contributed by atoms with Crippen LogP contribution in [-0.2, 0) is 14.6 Å². The molecule has 1 aliphatic heterocycles. The molecule has 1 saturated heterocycles. The first-order valence-corrected chi connectivity index (χ1v) is 7.05. The van der Waals surface area contributed by atoms with Crippen molar-refractivity contribution in [1.82, 2.24) is 5.32 Å². The van der Waals surface area contributed by atoms with Crippen molar-refractivity contribution in [1.29, 1.82) is 0 Å². The second-order valence-electron chi connectivity index (χ2n) is 4.05. The summed E-state index contributed by atoms with van der Waals surface area (Å²) in [4.78, 5) is 0. The molecule has 1 heterocycles. The lowest BCUT2D eigenvalue weighted by Gasteiger charge is -2.26. The molecule has 0 amide bonds. The Balaban J connectivity index is 2.28. The zero-order chi connectivity index (χ0) is 10.6. The fraction of sp³-hybridized carbons (Fsp3) is 1.00. The van der Waals surface area contributed by atoms with E-state index in [4.69, 9.17) is 4.74 Å². The quantitative estimate of drug-likeness (QED) is 0.736. The Morgan fingerprint density at radius 2 is 2.00 bits per heavy atom. The lowest BCUT2D eigenvalue weighted by molar-refractivity contribution is 0.0761. The Morgan fingerprint density at radius 1 is 1.43 bits per heavy atom. The van der Waals surface area contributed by atoms with E-state index in [1.165, 1.54) is 6.26 Å².